The van der Waals surface area contributed by atoms with Crippen molar-refractivity contribution in [2.45, 2.75) is 6.92 Å². The molecule has 0 aliphatic rings. The number of para-hydroxylation sites is 1. The minimum Gasteiger partial charge on any atom is -0.286 e. The van der Waals surface area contributed by atoms with Crippen molar-refractivity contribution in [3.05, 3.63) is 58.3 Å². The van der Waals surface area contributed by atoms with Crippen molar-refractivity contribution in [1.29, 1.82) is 0 Å². The first kappa shape index (κ1) is 11.7. The van der Waals surface area contributed by atoms with E-state index in [1.807, 2.05) is 37.3 Å². The number of hydrogen-bond donors (Lipinski definition) is 0. The Morgan fingerprint density at radius 3 is 2.74 bits per heavy atom. The number of hydrogen-bond acceptors (Lipinski definition) is 5. The highest BCUT2D eigenvalue weighted by molar-refractivity contribution is 7.12. The van der Waals surface area contributed by atoms with Crippen molar-refractivity contribution in [3.63, 3.8) is 0 Å². The van der Waals surface area contributed by atoms with Crippen LogP contribution >= 0.6 is 11.3 Å². The highest BCUT2D eigenvalue weighted by atomic mass is 32.1. The average Bonchev–Trinajstić information content (AvgIpc) is 3.07. The van der Waals surface area contributed by atoms with Gasteiger partial charge in [0, 0.05) is 0 Å². The molecule has 94 valence electrons. The first-order chi connectivity index (χ1) is 9.27. The summed E-state index contributed by atoms with van der Waals surface area (Å²) in [5.74, 6) is -0.103. The molecule has 3 rings (SSSR count). The molecule has 0 saturated carbocycles. The second-order valence-corrected chi connectivity index (χ2v) is 4.82. The molecule has 0 spiro atoms. The lowest BCUT2D eigenvalue weighted by Gasteiger charge is -2.04. The highest BCUT2D eigenvalue weighted by Crippen LogP contribution is 2.18. The summed E-state index contributed by atoms with van der Waals surface area (Å²) in [5, 5.41) is 7.81. The lowest BCUT2D eigenvalue weighted by atomic mass is 10.2. The van der Waals surface area contributed by atoms with Gasteiger partial charge in [-0.05, 0) is 19.1 Å². The van der Waals surface area contributed by atoms with Crippen LogP contribution in [-0.4, -0.2) is 25.8 Å². The molecular weight excluding hydrogens is 260 g/mol. The number of aryl methyl sites for hydroxylation is 1. The van der Waals surface area contributed by atoms with Crippen LogP contribution in [0, 0.1) is 6.92 Å². The van der Waals surface area contributed by atoms with E-state index >= 15 is 0 Å². The van der Waals surface area contributed by atoms with E-state index in [-0.39, 0.29) is 5.78 Å². The molecule has 1 aromatic carbocycles. The van der Waals surface area contributed by atoms with E-state index in [4.69, 9.17) is 0 Å². The van der Waals surface area contributed by atoms with E-state index in [9.17, 15) is 4.79 Å². The number of carbonyl (C=O) groups excluding carboxylic acids is 1. The van der Waals surface area contributed by atoms with E-state index in [1.165, 1.54) is 17.5 Å². The van der Waals surface area contributed by atoms with Crippen LogP contribution in [0.4, 0.5) is 0 Å². The van der Waals surface area contributed by atoms with Crippen LogP contribution in [0.15, 0.2) is 42.0 Å². The molecule has 19 heavy (non-hydrogen) atoms. The van der Waals surface area contributed by atoms with Gasteiger partial charge < -0.3 is 0 Å². The number of carbonyl (C=O) groups is 1. The van der Waals surface area contributed by atoms with Gasteiger partial charge in [0.15, 0.2) is 0 Å². The lowest BCUT2D eigenvalue weighted by molar-refractivity contribution is 0.103. The molecule has 0 saturated heterocycles. The van der Waals surface area contributed by atoms with Gasteiger partial charge in [-0.2, -0.15) is 0 Å². The summed E-state index contributed by atoms with van der Waals surface area (Å²) in [6.45, 7) is 1.82. The third-order valence-corrected chi connectivity index (χ3v) is 3.66. The molecule has 5 nitrogen and oxygen atoms in total. The van der Waals surface area contributed by atoms with Crippen molar-refractivity contribution in [3.8, 4) is 5.69 Å². The van der Waals surface area contributed by atoms with Gasteiger partial charge in [-0.3, -0.25) is 4.79 Å². The molecule has 0 radical (unpaired) electrons. The van der Waals surface area contributed by atoms with E-state index in [2.05, 4.69) is 15.3 Å². The largest absolute Gasteiger partial charge is 0.286 e. The zero-order valence-electron chi connectivity index (χ0n) is 10.1. The number of ketones is 1. The Kier molecular flexibility index (Phi) is 2.92. The van der Waals surface area contributed by atoms with Gasteiger partial charge in [-0.1, -0.05) is 23.4 Å². The van der Waals surface area contributed by atoms with Crippen LogP contribution < -0.4 is 0 Å². The third-order valence-electron chi connectivity index (χ3n) is 2.73. The van der Waals surface area contributed by atoms with Gasteiger partial charge >= 0.3 is 0 Å². The maximum Gasteiger partial charge on any atom is 0.224 e. The molecule has 0 aliphatic heterocycles. The van der Waals surface area contributed by atoms with Crippen LogP contribution in [0.5, 0.6) is 0 Å². The molecule has 6 heteroatoms. The first-order valence-corrected chi connectivity index (χ1v) is 6.56. The van der Waals surface area contributed by atoms with E-state index < -0.39 is 0 Å². The number of rotatable bonds is 3. The van der Waals surface area contributed by atoms with Gasteiger partial charge in [0.05, 0.1) is 28.0 Å². The number of nitrogens with zero attached hydrogens (tertiary/aromatic N) is 4. The zero-order valence-corrected chi connectivity index (χ0v) is 11.0. The summed E-state index contributed by atoms with van der Waals surface area (Å²) in [6, 6.07) is 9.46. The van der Waals surface area contributed by atoms with Gasteiger partial charge in [-0.25, -0.2) is 9.67 Å². The first-order valence-electron chi connectivity index (χ1n) is 5.68. The van der Waals surface area contributed by atoms with Gasteiger partial charge in [0.1, 0.15) is 5.69 Å². The lowest BCUT2D eigenvalue weighted by Crippen LogP contribution is -2.09. The van der Waals surface area contributed by atoms with Crippen LogP contribution in [0.1, 0.15) is 21.1 Å². The third kappa shape index (κ3) is 2.06. The van der Waals surface area contributed by atoms with Gasteiger partial charge in [0.2, 0.25) is 5.78 Å². The van der Waals surface area contributed by atoms with Gasteiger partial charge in [0.25, 0.3) is 0 Å². The molecular formula is C13H10N4OS. The predicted octanol–water partition coefficient (Wildman–Crippen LogP) is 2.26. The number of benzene rings is 1. The van der Waals surface area contributed by atoms with Crippen molar-refractivity contribution < 1.29 is 4.79 Å². The zero-order chi connectivity index (χ0) is 13.2. The van der Waals surface area contributed by atoms with Gasteiger partial charge in [-0.15, -0.1) is 16.4 Å². The molecule has 3 aromatic rings. The molecule has 0 unspecified atom stereocenters. The van der Waals surface area contributed by atoms with Crippen molar-refractivity contribution in [1.82, 2.24) is 20.0 Å². The highest BCUT2D eigenvalue weighted by Gasteiger charge is 2.19. The van der Waals surface area contributed by atoms with E-state index in [1.54, 1.807) is 10.2 Å². The fourth-order valence-electron chi connectivity index (χ4n) is 1.79. The summed E-state index contributed by atoms with van der Waals surface area (Å²) >= 11 is 1.33. The van der Waals surface area contributed by atoms with E-state index in [0.29, 0.717) is 10.6 Å². The monoisotopic (exact) mass is 270 g/mol. The molecule has 0 N–H and O–H groups in total. The minimum atomic E-state index is -0.103. The fraction of sp³-hybridized carbons (Fsp3) is 0.0769. The summed E-state index contributed by atoms with van der Waals surface area (Å²) in [6.07, 6.45) is 1.48. The molecule has 2 aromatic heterocycles. The van der Waals surface area contributed by atoms with Crippen molar-refractivity contribution >= 4 is 17.1 Å². The molecule has 0 atom stereocenters. The normalized spacial score (nSPS) is 10.6. The maximum absolute atomic E-state index is 12.5. The molecule has 0 amide bonds. The average molecular weight is 270 g/mol. The Morgan fingerprint density at radius 1 is 1.26 bits per heavy atom. The maximum atomic E-state index is 12.5. The Labute approximate surface area is 113 Å². The van der Waals surface area contributed by atoms with Crippen molar-refractivity contribution in [2.24, 2.45) is 0 Å². The molecule has 2 heterocycles. The SMILES string of the molecule is Cc1ncsc1C(=O)c1cnnn1-c1ccccc1. The molecule has 0 fully saturated rings. The van der Waals surface area contributed by atoms with Crippen molar-refractivity contribution in [2.75, 3.05) is 0 Å². The second kappa shape index (κ2) is 4.74. The predicted molar refractivity (Wildman–Crippen MR) is 71.6 cm³/mol. The van der Waals surface area contributed by atoms with Crippen LogP contribution in [0.3, 0.4) is 0 Å². The Morgan fingerprint density at radius 2 is 2.05 bits per heavy atom. The quantitative estimate of drug-likeness (QED) is 0.685. The van der Waals surface area contributed by atoms with E-state index in [0.717, 1.165) is 11.4 Å². The molecule has 0 aliphatic carbocycles. The van der Waals surface area contributed by atoms with Crippen LogP contribution in [-0.2, 0) is 0 Å². The Hall–Kier alpha value is -2.34. The smallest absolute Gasteiger partial charge is 0.224 e. The molecule has 0 bridgehead atoms. The standard InChI is InChI=1S/C13H10N4OS/c1-9-13(19-8-14-9)12(18)11-7-15-16-17(11)10-5-3-2-4-6-10/h2-8H,1H3. The summed E-state index contributed by atoms with van der Waals surface area (Å²) in [5.41, 5.74) is 3.65. The van der Waals surface area contributed by atoms with Crippen LogP contribution in [0.2, 0.25) is 0 Å². The second-order valence-electron chi connectivity index (χ2n) is 3.96. The van der Waals surface area contributed by atoms with Crippen LogP contribution in [0.25, 0.3) is 5.69 Å². The number of aromatic nitrogens is 4. The summed E-state index contributed by atoms with van der Waals surface area (Å²) < 4.78 is 1.54. The fourth-order valence-corrected chi connectivity index (χ4v) is 2.54. The Bertz CT molecular complexity index is 717. The summed E-state index contributed by atoms with van der Waals surface area (Å²) in [7, 11) is 0. The Balaban J connectivity index is 2.06. The summed E-state index contributed by atoms with van der Waals surface area (Å²) in [4.78, 5) is 17.2. The number of thiazole rings is 1. The minimum absolute atomic E-state index is 0.103. The topological polar surface area (TPSA) is 60.7 Å².